The predicted molar refractivity (Wildman–Crippen MR) is 215 cm³/mol. The van der Waals surface area contributed by atoms with E-state index in [1.807, 2.05) is 35.6 Å². The number of aromatic nitrogens is 3. The Hall–Kier alpha value is -6.49. The highest BCUT2D eigenvalue weighted by Gasteiger charge is 2.18. The Balaban J connectivity index is 1.15. The SMILES string of the molecule is c1ccc(-c2ccc(-c3cc(-c4cccc(-c5nc6cc7ccccc7cc6c6sc7ccccc7c56)c4)nc(-c4ccccc4)n3)cc2)cc1. The highest BCUT2D eigenvalue weighted by Crippen LogP contribution is 2.44. The Kier molecular flexibility index (Phi) is 7.00. The van der Waals surface area contributed by atoms with E-state index in [0.717, 1.165) is 44.9 Å². The minimum atomic E-state index is 0.697. The first kappa shape index (κ1) is 29.4. The van der Waals surface area contributed by atoms with Crippen molar-refractivity contribution >= 4 is 53.2 Å². The standard InChI is InChI=1S/C47H29N3S/c1-3-12-30(13-4-1)31-22-24-32(25-23-31)40-29-41(50-47(49-40)33-14-5-2-6-15-33)36-18-11-19-37(26-36)45-44-38-20-9-10-21-43(38)51-46(44)39-27-34-16-7-8-17-35(34)28-42(39)48-45/h1-29H. The van der Waals surface area contributed by atoms with Crippen molar-refractivity contribution in [2.75, 3.05) is 0 Å². The molecule has 0 saturated carbocycles. The van der Waals surface area contributed by atoms with Crippen molar-refractivity contribution in [3.05, 3.63) is 176 Å². The topological polar surface area (TPSA) is 38.7 Å². The molecule has 0 saturated heterocycles. The van der Waals surface area contributed by atoms with Crippen molar-refractivity contribution in [3.8, 4) is 56.3 Å². The third kappa shape index (κ3) is 5.25. The summed E-state index contributed by atoms with van der Waals surface area (Å²) < 4.78 is 2.53. The Morgan fingerprint density at radius 3 is 1.75 bits per heavy atom. The average molecular weight is 668 g/mol. The number of benzene rings is 7. The zero-order valence-corrected chi connectivity index (χ0v) is 28.3. The molecular formula is C47H29N3S. The summed E-state index contributed by atoms with van der Waals surface area (Å²) in [6, 6.07) is 61.9. The molecule has 0 aliphatic carbocycles. The van der Waals surface area contributed by atoms with Gasteiger partial charge in [0.25, 0.3) is 0 Å². The Morgan fingerprint density at radius 1 is 0.373 bits per heavy atom. The van der Waals surface area contributed by atoms with E-state index in [0.29, 0.717) is 5.82 Å². The number of pyridine rings is 1. The number of nitrogens with zero attached hydrogens (tertiary/aromatic N) is 3. The number of hydrogen-bond acceptors (Lipinski definition) is 4. The molecule has 238 valence electrons. The van der Waals surface area contributed by atoms with Gasteiger partial charge in [0, 0.05) is 47.8 Å². The van der Waals surface area contributed by atoms with Crippen LogP contribution >= 0.6 is 11.3 Å². The lowest BCUT2D eigenvalue weighted by molar-refractivity contribution is 1.18. The van der Waals surface area contributed by atoms with E-state index in [1.165, 1.54) is 47.5 Å². The third-order valence-electron chi connectivity index (χ3n) is 9.65. The van der Waals surface area contributed by atoms with Gasteiger partial charge in [-0.3, -0.25) is 0 Å². The molecule has 0 aliphatic heterocycles. The summed E-state index contributed by atoms with van der Waals surface area (Å²) in [6.07, 6.45) is 0. The van der Waals surface area contributed by atoms with Crippen molar-refractivity contribution in [3.63, 3.8) is 0 Å². The molecule has 0 amide bonds. The van der Waals surface area contributed by atoms with Crippen LogP contribution in [0.15, 0.2) is 176 Å². The molecule has 10 rings (SSSR count). The molecule has 0 unspecified atom stereocenters. The first-order valence-electron chi connectivity index (χ1n) is 17.1. The van der Waals surface area contributed by atoms with Crippen LogP contribution in [0.1, 0.15) is 0 Å². The molecule has 0 spiro atoms. The summed E-state index contributed by atoms with van der Waals surface area (Å²) in [5, 5.41) is 6.04. The first-order valence-corrected chi connectivity index (χ1v) is 17.9. The van der Waals surface area contributed by atoms with Crippen molar-refractivity contribution in [1.29, 1.82) is 0 Å². The monoisotopic (exact) mass is 667 g/mol. The van der Waals surface area contributed by atoms with E-state index in [1.54, 1.807) is 0 Å². The van der Waals surface area contributed by atoms with Crippen molar-refractivity contribution in [1.82, 2.24) is 15.0 Å². The number of hydrogen-bond donors (Lipinski definition) is 0. The maximum Gasteiger partial charge on any atom is 0.160 e. The fourth-order valence-corrected chi connectivity index (χ4v) is 8.34. The molecule has 0 fully saturated rings. The van der Waals surface area contributed by atoms with E-state index in [4.69, 9.17) is 15.0 Å². The quantitative estimate of drug-likeness (QED) is 0.171. The van der Waals surface area contributed by atoms with Gasteiger partial charge in [0.05, 0.1) is 22.6 Å². The van der Waals surface area contributed by atoms with E-state index in [9.17, 15) is 0 Å². The molecule has 0 aliphatic rings. The first-order chi connectivity index (χ1) is 25.2. The van der Waals surface area contributed by atoms with Crippen molar-refractivity contribution < 1.29 is 0 Å². The summed E-state index contributed by atoms with van der Waals surface area (Å²) in [6.45, 7) is 0. The summed E-state index contributed by atoms with van der Waals surface area (Å²) in [5.74, 6) is 0.697. The molecule has 10 aromatic rings. The van der Waals surface area contributed by atoms with Crippen molar-refractivity contribution in [2.45, 2.75) is 0 Å². The fourth-order valence-electron chi connectivity index (χ4n) is 7.11. The van der Waals surface area contributed by atoms with Gasteiger partial charge >= 0.3 is 0 Å². The smallest absolute Gasteiger partial charge is 0.160 e. The lowest BCUT2D eigenvalue weighted by Crippen LogP contribution is -1.96. The van der Waals surface area contributed by atoms with E-state index >= 15 is 0 Å². The largest absolute Gasteiger partial charge is 0.247 e. The van der Waals surface area contributed by atoms with Gasteiger partial charge < -0.3 is 0 Å². The van der Waals surface area contributed by atoms with Gasteiger partial charge in [-0.05, 0) is 52.2 Å². The average Bonchev–Trinajstić information content (AvgIpc) is 3.61. The highest BCUT2D eigenvalue weighted by atomic mass is 32.1. The van der Waals surface area contributed by atoms with Gasteiger partial charge in [0.15, 0.2) is 5.82 Å². The summed E-state index contributed by atoms with van der Waals surface area (Å²) in [7, 11) is 0. The van der Waals surface area contributed by atoms with Crippen LogP contribution in [0.3, 0.4) is 0 Å². The molecule has 3 nitrogen and oxygen atoms in total. The fraction of sp³-hybridized carbons (Fsp3) is 0. The zero-order chi connectivity index (χ0) is 33.7. The maximum absolute atomic E-state index is 5.42. The number of rotatable bonds is 5. The molecule has 3 aromatic heterocycles. The highest BCUT2D eigenvalue weighted by molar-refractivity contribution is 7.26. The van der Waals surface area contributed by atoms with Gasteiger partial charge in [-0.2, -0.15) is 0 Å². The normalized spacial score (nSPS) is 11.5. The van der Waals surface area contributed by atoms with E-state index < -0.39 is 0 Å². The van der Waals surface area contributed by atoms with Crippen LogP contribution < -0.4 is 0 Å². The van der Waals surface area contributed by atoms with Crippen LogP contribution in [0.5, 0.6) is 0 Å². The van der Waals surface area contributed by atoms with Crippen LogP contribution in [0.4, 0.5) is 0 Å². The van der Waals surface area contributed by atoms with Crippen LogP contribution in [-0.2, 0) is 0 Å². The third-order valence-corrected chi connectivity index (χ3v) is 10.9. The second-order valence-corrected chi connectivity index (χ2v) is 13.9. The van der Waals surface area contributed by atoms with Gasteiger partial charge in [0.1, 0.15) is 0 Å². The predicted octanol–water partition coefficient (Wildman–Crippen LogP) is 12.9. The second kappa shape index (κ2) is 12.1. The van der Waals surface area contributed by atoms with E-state index in [2.05, 4.69) is 152 Å². The minimum absolute atomic E-state index is 0.697. The summed E-state index contributed by atoms with van der Waals surface area (Å²) in [4.78, 5) is 15.7. The zero-order valence-electron chi connectivity index (χ0n) is 27.5. The second-order valence-electron chi connectivity index (χ2n) is 12.8. The molecule has 4 heteroatoms. The molecule has 0 atom stereocenters. The van der Waals surface area contributed by atoms with Crippen LogP contribution in [0, 0.1) is 0 Å². The summed E-state index contributed by atoms with van der Waals surface area (Å²) in [5.41, 5.74) is 10.2. The Morgan fingerprint density at radius 2 is 0.961 bits per heavy atom. The molecule has 3 heterocycles. The number of fused-ring (bicyclic) bond motifs is 6. The molecule has 51 heavy (non-hydrogen) atoms. The van der Waals surface area contributed by atoms with E-state index in [-0.39, 0.29) is 0 Å². The van der Waals surface area contributed by atoms with Crippen LogP contribution in [0.2, 0.25) is 0 Å². The molecule has 7 aromatic carbocycles. The van der Waals surface area contributed by atoms with Crippen LogP contribution in [-0.4, -0.2) is 15.0 Å². The number of thiophene rings is 1. The van der Waals surface area contributed by atoms with Crippen molar-refractivity contribution in [2.24, 2.45) is 0 Å². The maximum atomic E-state index is 5.42. The Bertz CT molecular complexity index is 2900. The molecule has 0 radical (unpaired) electrons. The molecular weight excluding hydrogens is 639 g/mol. The van der Waals surface area contributed by atoms with Gasteiger partial charge in [-0.1, -0.05) is 146 Å². The lowest BCUT2D eigenvalue weighted by atomic mass is 9.98. The molecule has 0 N–H and O–H groups in total. The van der Waals surface area contributed by atoms with Gasteiger partial charge in [0.2, 0.25) is 0 Å². The Labute approximate surface area is 299 Å². The summed E-state index contributed by atoms with van der Waals surface area (Å²) >= 11 is 1.85. The van der Waals surface area contributed by atoms with Gasteiger partial charge in [-0.15, -0.1) is 11.3 Å². The van der Waals surface area contributed by atoms with Gasteiger partial charge in [-0.25, -0.2) is 15.0 Å². The molecule has 0 bridgehead atoms. The lowest BCUT2D eigenvalue weighted by Gasteiger charge is -2.12. The minimum Gasteiger partial charge on any atom is -0.247 e. The van der Waals surface area contributed by atoms with Crippen LogP contribution in [0.25, 0.3) is 98.1 Å².